The molecule has 1 atom stereocenters. The number of benzene rings is 1. The van der Waals surface area contributed by atoms with Crippen LogP contribution < -0.4 is 0 Å². The number of carboxylic acids is 1. The zero-order chi connectivity index (χ0) is 16.3. The Bertz CT molecular complexity index is 591. The molecule has 1 heterocycles. The second-order valence-electron chi connectivity index (χ2n) is 5.48. The van der Waals surface area contributed by atoms with E-state index in [-0.39, 0.29) is 29.6 Å². The molecule has 1 aliphatic rings. The molecule has 22 heavy (non-hydrogen) atoms. The normalized spacial score (nSPS) is 21.7. The number of rotatable bonds is 4. The molecule has 1 aromatic rings. The van der Waals surface area contributed by atoms with E-state index in [0.717, 1.165) is 6.07 Å². The minimum atomic E-state index is -1.10. The first-order valence-corrected chi connectivity index (χ1v) is 7.24. The van der Waals surface area contributed by atoms with Crippen LogP contribution in [-0.2, 0) is 9.53 Å². The Hall–Kier alpha value is -1.66. The molecule has 1 fully saturated rings. The summed E-state index contributed by atoms with van der Waals surface area (Å²) in [5.41, 5.74) is -0.864. The van der Waals surface area contributed by atoms with Crippen LogP contribution in [-0.4, -0.2) is 48.7 Å². The molecule has 120 valence electrons. The van der Waals surface area contributed by atoms with Crippen LogP contribution >= 0.6 is 11.6 Å². The Labute approximate surface area is 132 Å². The highest BCUT2D eigenvalue weighted by Gasteiger charge is 2.44. The van der Waals surface area contributed by atoms with Gasteiger partial charge in [-0.05, 0) is 31.0 Å². The van der Waals surface area contributed by atoms with Crippen molar-refractivity contribution in [1.29, 1.82) is 0 Å². The molecule has 0 saturated carbocycles. The van der Waals surface area contributed by atoms with Gasteiger partial charge in [0.05, 0.1) is 11.6 Å². The van der Waals surface area contributed by atoms with Crippen LogP contribution in [0, 0.1) is 11.2 Å². The number of hydrogen-bond donors (Lipinski definition) is 1. The lowest BCUT2D eigenvalue weighted by atomic mass is 9.80. The van der Waals surface area contributed by atoms with Crippen LogP contribution in [0.3, 0.4) is 0 Å². The Morgan fingerprint density at radius 1 is 1.50 bits per heavy atom. The van der Waals surface area contributed by atoms with Crippen molar-refractivity contribution in [3.63, 3.8) is 0 Å². The third-order valence-corrected chi connectivity index (χ3v) is 4.19. The number of aliphatic carboxylic acids is 1. The fourth-order valence-corrected chi connectivity index (χ4v) is 2.93. The van der Waals surface area contributed by atoms with Gasteiger partial charge in [0.15, 0.2) is 0 Å². The summed E-state index contributed by atoms with van der Waals surface area (Å²) in [6, 6.07) is 3.72. The fourth-order valence-electron chi connectivity index (χ4n) is 2.75. The van der Waals surface area contributed by atoms with Crippen molar-refractivity contribution in [2.75, 3.05) is 26.8 Å². The maximum atomic E-state index is 13.2. The topological polar surface area (TPSA) is 66.8 Å². The first-order chi connectivity index (χ1) is 10.4. The number of likely N-dealkylation sites (tertiary alicyclic amines) is 1. The Morgan fingerprint density at radius 3 is 2.82 bits per heavy atom. The van der Waals surface area contributed by atoms with E-state index in [0.29, 0.717) is 19.4 Å². The number of carbonyl (C=O) groups excluding carboxylic acids is 1. The molecule has 2 rings (SSSR count). The van der Waals surface area contributed by atoms with Gasteiger partial charge in [0, 0.05) is 25.8 Å². The van der Waals surface area contributed by atoms with Gasteiger partial charge in [-0.1, -0.05) is 11.6 Å². The van der Waals surface area contributed by atoms with E-state index in [4.69, 9.17) is 16.3 Å². The third-order valence-electron chi connectivity index (χ3n) is 3.90. The van der Waals surface area contributed by atoms with E-state index in [2.05, 4.69) is 0 Å². The summed E-state index contributed by atoms with van der Waals surface area (Å²) < 4.78 is 18.2. The lowest BCUT2D eigenvalue weighted by molar-refractivity contribution is -0.155. The van der Waals surface area contributed by atoms with E-state index < -0.39 is 17.2 Å². The molecule has 7 heteroatoms. The number of hydrogen-bond acceptors (Lipinski definition) is 3. The highest BCUT2D eigenvalue weighted by Crippen LogP contribution is 2.32. The number of carboxylic acid groups (broad SMARTS) is 1. The van der Waals surface area contributed by atoms with E-state index >= 15 is 0 Å². The Morgan fingerprint density at radius 2 is 2.23 bits per heavy atom. The van der Waals surface area contributed by atoms with Crippen molar-refractivity contribution < 1.29 is 23.8 Å². The van der Waals surface area contributed by atoms with Crippen LogP contribution in [0.5, 0.6) is 0 Å². The van der Waals surface area contributed by atoms with Crippen LogP contribution in [0.4, 0.5) is 4.39 Å². The first-order valence-electron chi connectivity index (χ1n) is 6.86. The van der Waals surface area contributed by atoms with Gasteiger partial charge >= 0.3 is 5.97 Å². The number of halogens is 2. The second kappa shape index (κ2) is 6.62. The molecule has 1 N–H and O–H groups in total. The fraction of sp³-hybridized carbons (Fsp3) is 0.467. The summed E-state index contributed by atoms with van der Waals surface area (Å²) in [5, 5.41) is 9.35. The van der Waals surface area contributed by atoms with E-state index in [1.807, 2.05) is 0 Å². The number of nitrogens with zero attached hydrogens (tertiary/aromatic N) is 1. The van der Waals surface area contributed by atoms with E-state index in [9.17, 15) is 19.1 Å². The summed E-state index contributed by atoms with van der Waals surface area (Å²) in [5.74, 6) is -1.94. The number of ether oxygens (including phenoxy) is 1. The average Bonchev–Trinajstić information content (AvgIpc) is 2.49. The van der Waals surface area contributed by atoms with Gasteiger partial charge in [-0.2, -0.15) is 0 Å². The largest absolute Gasteiger partial charge is 0.481 e. The molecule has 0 aliphatic carbocycles. The minimum Gasteiger partial charge on any atom is -0.481 e. The van der Waals surface area contributed by atoms with Gasteiger partial charge < -0.3 is 14.7 Å². The molecular weight excluding hydrogens is 313 g/mol. The lowest BCUT2D eigenvalue weighted by Crippen LogP contribution is -2.52. The lowest BCUT2D eigenvalue weighted by Gasteiger charge is -2.39. The molecule has 1 aliphatic heterocycles. The predicted octanol–water partition coefficient (Wildman–Crippen LogP) is 2.43. The van der Waals surface area contributed by atoms with Gasteiger partial charge in [-0.3, -0.25) is 9.59 Å². The quantitative estimate of drug-likeness (QED) is 0.921. The highest BCUT2D eigenvalue weighted by molar-refractivity contribution is 6.31. The molecule has 0 aromatic heterocycles. The number of amides is 1. The van der Waals surface area contributed by atoms with E-state index in [1.165, 1.54) is 24.1 Å². The molecule has 0 radical (unpaired) electrons. The summed E-state index contributed by atoms with van der Waals surface area (Å²) in [7, 11) is 1.44. The minimum absolute atomic E-state index is 0.0380. The summed E-state index contributed by atoms with van der Waals surface area (Å²) in [6.45, 7) is 0.548. The molecule has 1 unspecified atom stereocenters. The zero-order valence-corrected chi connectivity index (χ0v) is 12.9. The van der Waals surface area contributed by atoms with E-state index in [1.54, 1.807) is 0 Å². The average molecular weight is 330 g/mol. The summed E-state index contributed by atoms with van der Waals surface area (Å²) >= 11 is 5.69. The number of carbonyl (C=O) groups is 2. The SMILES string of the molecule is COCC1(C(=O)O)CCCN(C(=O)c2ccc(F)c(Cl)c2)C1. The standard InChI is InChI=1S/C15H17ClFNO4/c1-22-9-15(14(20)21)5-2-6-18(8-15)13(19)10-3-4-12(17)11(16)7-10/h3-4,7H,2,5-6,8-9H2,1H3,(H,20,21). The van der Waals surface area contributed by atoms with Crippen molar-refractivity contribution >= 4 is 23.5 Å². The zero-order valence-electron chi connectivity index (χ0n) is 12.1. The van der Waals surface area contributed by atoms with Crippen LogP contribution in [0.25, 0.3) is 0 Å². The molecule has 1 amide bonds. The first kappa shape index (κ1) is 16.7. The molecule has 5 nitrogen and oxygen atoms in total. The molecule has 1 aromatic carbocycles. The van der Waals surface area contributed by atoms with Crippen LogP contribution in [0.1, 0.15) is 23.2 Å². The van der Waals surface area contributed by atoms with Crippen molar-refractivity contribution in [1.82, 2.24) is 4.90 Å². The summed E-state index contributed by atoms with van der Waals surface area (Å²) in [6.07, 6.45) is 1.01. The molecule has 1 saturated heterocycles. The second-order valence-corrected chi connectivity index (χ2v) is 5.88. The van der Waals surface area contributed by atoms with Gasteiger partial charge in [0.1, 0.15) is 11.2 Å². The van der Waals surface area contributed by atoms with Crippen LogP contribution in [0.15, 0.2) is 18.2 Å². The number of piperidine rings is 1. The van der Waals surface area contributed by atoms with Crippen molar-refractivity contribution in [2.24, 2.45) is 5.41 Å². The predicted molar refractivity (Wildman–Crippen MR) is 78.5 cm³/mol. The van der Waals surface area contributed by atoms with Crippen molar-refractivity contribution in [2.45, 2.75) is 12.8 Å². The molecular formula is C15H17ClFNO4. The smallest absolute Gasteiger partial charge is 0.313 e. The number of methoxy groups -OCH3 is 1. The maximum absolute atomic E-state index is 13.2. The Balaban J connectivity index is 2.22. The third kappa shape index (κ3) is 3.23. The molecule has 0 spiro atoms. The van der Waals surface area contributed by atoms with Crippen molar-refractivity contribution in [3.8, 4) is 0 Å². The highest BCUT2D eigenvalue weighted by atomic mass is 35.5. The van der Waals surface area contributed by atoms with Crippen LogP contribution in [0.2, 0.25) is 5.02 Å². The van der Waals surface area contributed by atoms with Gasteiger partial charge in [0.2, 0.25) is 0 Å². The van der Waals surface area contributed by atoms with Crippen molar-refractivity contribution in [3.05, 3.63) is 34.6 Å². The maximum Gasteiger partial charge on any atom is 0.313 e. The Kier molecular flexibility index (Phi) is 5.03. The monoisotopic (exact) mass is 329 g/mol. The summed E-state index contributed by atoms with van der Waals surface area (Å²) in [4.78, 5) is 25.5. The van der Waals surface area contributed by atoms with Gasteiger partial charge in [0.25, 0.3) is 5.91 Å². The molecule has 0 bridgehead atoms. The van der Waals surface area contributed by atoms with Gasteiger partial charge in [-0.25, -0.2) is 4.39 Å². The van der Waals surface area contributed by atoms with Gasteiger partial charge in [-0.15, -0.1) is 0 Å².